The minimum atomic E-state index is -0.165. The van der Waals surface area contributed by atoms with Crippen LogP contribution in [-0.4, -0.2) is 16.1 Å². The molecule has 0 radical (unpaired) electrons. The van der Waals surface area contributed by atoms with Crippen LogP contribution in [0.3, 0.4) is 0 Å². The molecule has 26 heavy (non-hydrogen) atoms. The smallest absolute Gasteiger partial charge is 0.153 e. The predicted octanol–water partition coefficient (Wildman–Crippen LogP) is 5.36. The molecule has 0 saturated heterocycles. The Morgan fingerprint density at radius 1 is 1.23 bits per heavy atom. The second-order valence-corrected chi connectivity index (χ2v) is 6.95. The van der Waals surface area contributed by atoms with Crippen molar-refractivity contribution in [2.75, 3.05) is 11.4 Å². The highest BCUT2D eigenvalue weighted by Crippen LogP contribution is 2.38. The van der Waals surface area contributed by atoms with E-state index >= 15 is 0 Å². The molecule has 1 unspecified atom stereocenters. The quantitative estimate of drug-likeness (QED) is 0.603. The summed E-state index contributed by atoms with van der Waals surface area (Å²) >= 11 is 0. The Kier molecular flexibility index (Phi) is 4.98. The van der Waals surface area contributed by atoms with Crippen LogP contribution in [0, 0.1) is 19.7 Å². The van der Waals surface area contributed by atoms with Crippen molar-refractivity contribution in [1.29, 1.82) is 0 Å². The van der Waals surface area contributed by atoms with Gasteiger partial charge in [-0.3, -0.25) is 0 Å². The van der Waals surface area contributed by atoms with E-state index in [9.17, 15) is 4.39 Å². The SMILES string of the molecule is CCn1c(C)c(C)c2ccnc(N3CCc4ccc(F)cc4C3C)c21.Cl. The summed E-state index contributed by atoms with van der Waals surface area (Å²) in [7, 11) is 0. The van der Waals surface area contributed by atoms with Gasteiger partial charge >= 0.3 is 0 Å². The van der Waals surface area contributed by atoms with Gasteiger partial charge < -0.3 is 9.47 Å². The predicted molar refractivity (Wildman–Crippen MR) is 108 cm³/mol. The summed E-state index contributed by atoms with van der Waals surface area (Å²) in [5.41, 5.74) is 6.13. The third-order valence-electron chi connectivity index (χ3n) is 5.76. The fourth-order valence-corrected chi connectivity index (χ4v) is 4.26. The fourth-order valence-electron chi connectivity index (χ4n) is 4.26. The van der Waals surface area contributed by atoms with Crippen LogP contribution < -0.4 is 4.90 Å². The molecule has 1 aliphatic heterocycles. The molecule has 5 heteroatoms. The molecule has 0 N–H and O–H groups in total. The Bertz CT molecular complexity index is 964. The van der Waals surface area contributed by atoms with Crippen molar-refractivity contribution in [3.05, 3.63) is 58.7 Å². The van der Waals surface area contributed by atoms with Gasteiger partial charge in [-0.2, -0.15) is 0 Å². The first-order valence-electron chi connectivity index (χ1n) is 9.02. The normalized spacial score (nSPS) is 16.5. The molecule has 0 spiro atoms. The number of halogens is 2. The van der Waals surface area contributed by atoms with Crippen LogP contribution in [0.2, 0.25) is 0 Å². The van der Waals surface area contributed by atoms with Crippen LogP contribution >= 0.6 is 12.4 Å². The number of nitrogens with zero attached hydrogens (tertiary/aromatic N) is 3. The molecule has 0 saturated carbocycles. The highest BCUT2D eigenvalue weighted by atomic mass is 35.5. The van der Waals surface area contributed by atoms with Gasteiger partial charge in [0.1, 0.15) is 5.82 Å². The standard InChI is InChI=1S/C21H24FN3.ClH/c1-5-24-14(3)13(2)18-8-10-23-21(20(18)24)25-11-9-16-6-7-17(22)12-19(16)15(25)4;/h6-8,10,12,15H,5,9,11H2,1-4H3;1H. The third-order valence-corrected chi connectivity index (χ3v) is 5.76. The number of aromatic nitrogens is 2. The van der Waals surface area contributed by atoms with Crippen molar-refractivity contribution in [2.24, 2.45) is 0 Å². The van der Waals surface area contributed by atoms with Gasteiger partial charge in [0.2, 0.25) is 0 Å². The van der Waals surface area contributed by atoms with Crippen LogP contribution in [0.1, 0.15) is 42.3 Å². The van der Waals surface area contributed by atoms with Crippen molar-refractivity contribution in [1.82, 2.24) is 9.55 Å². The van der Waals surface area contributed by atoms with E-state index in [4.69, 9.17) is 4.98 Å². The van der Waals surface area contributed by atoms with Crippen molar-refractivity contribution < 1.29 is 4.39 Å². The number of hydrogen-bond acceptors (Lipinski definition) is 2. The lowest BCUT2D eigenvalue weighted by atomic mass is 9.93. The molecule has 0 aliphatic carbocycles. The second-order valence-electron chi connectivity index (χ2n) is 6.95. The van der Waals surface area contributed by atoms with Crippen molar-refractivity contribution in [3.8, 4) is 0 Å². The lowest BCUT2D eigenvalue weighted by molar-refractivity contribution is 0.590. The molecular weight excluding hydrogens is 349 g/mol. The molecule has 3 heterocycles. The monoisotopic (exact) mass is 373 g/mol. The molecule has 0 amide bonds. The van der Waals surface area contributed by atoms with Crippen molar-refractivity contribution in [2.45, 2.75) is 46.7 Å². The van der Waals surface area contributed by atoms with Crippen molar-refractivity contribution in [3.63, 3.8) is 0 Å². The number of rotatable bonds is 2. The topological polar surface area (TPSA) is 21.1 Å². The number of aryl methyl sites for hydroxylation is 2. The first-order valence-corrected chi connectivity index (χ1v) is 9.02. The average Bonchev–Trinajstić information content (AvgIpc) is 2.87. The zero-order chi connectivity index (χ0) is 17.7. The van der Waals surface area contributed by atoms with E-state index in [1.807, 2.05) is 12.3 Å². The number of pyridine rings is 1. The third kappa shape index (κ3) is 2.67. The van der Waals surface area contributed by atoms with E-state index in [2.05, 4.69) is 43.2 Å². The zero-order valence-corrected chi connectivity index (χ0v) is 16.5. The molecule has 2 aromatic heterocycles. The van der Waals surface area contributed by atoms with E-state index in [0.717, 1.165) is 30.9 Å². The number of benzene rings is 1. The highest BCUT2D eigenvalue weighted by Gasteiger charge is 2.28. The van der Waals surface area contributed by atoms with E-state index in [0.29, 0.717) is 0 Å². The van der Waals surface area contributed by atoms with Crippen LogP contribution in [0.15, 0.2) is 30.5 Å². The summed E-state index contributed by atoms with van der Waals surface area (Å²) in [6, 6.07) is 7.39. The Labute approximate surface area is 160 Å². The van der Waals surface area contributed by atoms with Gasteiger partial charge in [-0.1, -0.05) is 6.07 Å². The van der Waals surface area contributed by atoms with Gasteiger partial charge in [0.15, 0.2) is 5.82 Å². The molecule has 0 bridgehead atoms. The molecule has 3 nitrogen and oxygen atoms in total. The fraction of sp³-hybridized carbons (Fsp3) is 0.381. The first-order chi connectivity index (χ1) is 12.0. The van der Waals surface area contributed by atoms with Crippen LogP contribution in [0.5, 0.6) is 0 Å². The van der Waals surface area contributed by atoms with Gasteiger partial charge in [-0.15, -0.1) is 12.4 Å². The molecule has 1 aromatic carbocycles. The maximum Gasteiger partial charge on any atom is 0.153 e. The Hall–Kier alpha value is -2.07. The maximum atomic E-state index is 13.8. The van der Waals surface area contributed by atoms with E-state index < -0.39 is 0 Å². The van der Waals surface area contributed by atoms with Crippen LogP contribution in [0.25, 0.3) is 10.9 Å². The molecule has 1 aliphatic rings. The number of hydrogen-bond donors (Lipinski definition) is 0. The maximum absolute atomic E-state index is 13.8. The lowest BCUT2D eigenvalue weighted by Gasteiger charge is -2.36. The van der Waals surface area contributed by atoms with Crippen molar-refractivity contribution >= 4 is 29.1 Å². The Balaban J connectivity index is 0.00000196. The molecular formula is C21H25ClFN3. The number of anilines is 1. The minimum Gasteiger partial charge on any atom is -0.348 e. The largest absolute Gasteiger partial charge is 0.348 e. The average molecular weight is 374 g/mol. The van der Waals surface area contributed by atoms with Crippen LogP contribution in [0.4, 0.5) is 10.2 Å². The van der Waals surface area contributed by atoms with Gasteiger partial charge in [0.25, 0.3) is 0 Å². The summed E-state index contributed by atoms with van der Waals surface area (Å²) in [4.78, 5) is 7.08. The Morgan fingerprint density at radius 2 is 2.00 bits per heavy atom. The molecule has 4 rings (SSSR count). The first kappa shape index (κ1) is 18.7. The van der Waals surface area contributed by atoms with Gasteiger partial charge in [-0.05, 0) is 69.0 Å². The molecule has 0 fully saturated rings. The summed E-state index contributed by atoms with van der Waals surface area (Å²) < 4.78 is 16.1. The van der Waals surface area contributed by atoms with Gasteiger partial charge in [-0.25, -0.2) is 9.37 Å². The second kappa shape index (κ2) is 6.92. The minimum absolute atomic E-state index is 0. The van der Waals surface area contributed by atoms with E-state index in [1.54, 1.807) is 12.1 Å². The molecule has 1 atom stereocenters. The van der Waals surface area contributed by atoms with E-state index in [-0.39, 0.29) is 24.3 Å². The molecule has 138 valence electrons. The summed E-state index contributed by atoms with van der Waals surface area (Å²) in [6.07, 6.45) is 2.82. The van der Waals surface area contributed by atoms with Crippen LogP contribution in [-0.2, 0) is 13.0 Å². The summed E-state index contributed by atoms with van der Waals surface area (Å²) in [6.45, 7) is 10.5. The van der Waals surface area contributed by atoms with Gasteiger partial charge in [0, 0.05) is 30.4 Å². The summed E-state index contributed by atoms with van der Waals surface area (Å²) in [5.74, 6) is 0.847. The Morgan fingerprint density at radius 3 is 2.73 bits per heavy atom. The lowest BCUT2D eigenvalue weighted by Crippen LogP contribution is -2.35. The molecule has 3 aromatic rings. The number of fused-ring (bicyclic) bond motifs is 2. The highest BCUT2D eigenvalue weighted by molar-refractivity contribution is 5.93. The zero-order valence-electron chi connectivity index (χ0n) is 15.7. The van der Waals surface area contributed by atoms with Gasteiger partial charge in [0.05, 0.1) is 11.6 Å². The van der Waals surface area contributed by atoms with E-state index in [1.165, 1.54) is 27.7 Å². The summed E-state index contributed by atoms with van der Waals surface area (Å²) in [5, 5.41) is 1.27.